The largest absolute Gasteiger partial charge is 0.335 e. The van der Waals surface area contributed by atoms with Gasteiger partial charge in [0.25, 0.3) is 0 Å². The van der Waals surface area contributed by atoms with Gasteiger partial charge in [-0.1, -0.05) is 42.1 Å². The smallest absolute Gasteiger partial charge is 0.233 e. The van der Waals surface area contributed by atoms with Gasteiger partial charge in [-0.25, -0.2) is 9.97 Å². The summed E-state index contributed by atoms with van der Waals surface area (Å²) in [7, 11) is 1.86. The highest BCUT2D eigenvalue weighted by Gasteiger charge is 2.34. The number of rotatable bonds is 7. The van der Waals surface area contributed by atoms with Gasteiger partial charge >= 0.3 is 0 Å². The average molecular weight is 382 g/mol. The first-order valence-corrected chi connectivity index (χ1v) is 10.2. The number of hydrogen-bond acceptors (Lipinski definition) is 5. The number of hydrogen-bond donors (Lipinski definition) is 0. The van der Waals surface area contributed by atoms with Gasteiger partial charge in [0.15, 0.2) is 5.65 Å². The summed E-state index contributed by atoms with van der Waals surface area (Å²) >= 11 is 1.46. The molecule has 1 aliphatic rings. The van der Waals surface area contributed by atoms with Crippen LogP contribution < -0.4 is 0 Å². The van der Waals surface area contributed by atoms with Crippen molar-refractivity contribution in [3.8, 4) is 0 Å². The zero-order valence-electron chi connectivity index (χ0n) is 15.6. The van der Waals surface area contributed by atoms with Crippen LogP contribution in [-0.4, -0.2) is 42.4 Å². The summed E-state index contributed by atoms with van der Waals surface area (Å²) in [6, 6.07) is 10.5. The Bertz CT molecular complexity index is 938. The van der Waals surface area contributed by atoms with Gasteiger partial charge in [0.2, 0.25) is 5.91 Å². The van der Waals surface area contributed by atoms with Crippen LogP contribution in [0.15, 0.2) is 47.9 Å². The monoisotopic (exact) mass is 381 g/mol. The fraction of sp³-hybridized carbons (Fsp3) is 0.400. The Morgan fingerprint density at radius 1 is 1.30 bits per heavy atom. The molecule has 0 N–H and O–H groups in total. The number of thioether (sulfide) groups is 1. The molecule has 27 heavy (non-hydrogen) atoms. The number of aryl methyl sites for hydroxylation is 1. The van der Waals surface area contributed by atoms with E-state index in [-0.39, 0.29) is 11.9 Å². The van der Waals surface area contributed by atoms with Crippen LogP contribution in [-0.2, 0) is 18.4 Å². The van der Waals surface area contributed by atoms with E-state index < -0.39 is 0 Å². The predicted octanol–water partition coefficient (Wildman–Crippen LogP) is 3.28. The van der Waals surface area contributed by atoms with E-state index in [2.05, 4.69) is 34.1 Å². The van der Waals surface area contributed by atoms with Crippen molar-refractivity contribution in [3.63, 3.8) is 0 Å². The van der Waals surface area contributed by atoms with Gasteiger partial charge in [0.1, 0.15) is 11.4 Å². The molecule has 0 saturated heterocycles. The molecular formula is C20H23N5OS. The third-order valence-corrected chi connectivity index (χ3v) is 6.13. The van der Waals surface area contributed by atoms with Gasteiger partial charge < -0.3 is 4.90 Å². The second-order valence-electron chi connectivity index (χ2n) is 7.06. The van der Waals surface area contributed by atoms with E-state index in [0.29, 0.717) is 18.2 Å². The highest BCUT2D eigenvalue weighted by atomic mass is 32.2. The number of benzene rings is 1. The molecule has 0 spiro atoms. The Labute approximate surface area is 163 Å². The molecule has 1 aliphatic carbocycles. The van der Waals surface area contributed by atoms with E-state index >= 15 is 0 Å². The molecule has 1 atom stereocenters. The van der Waals surface area contributed by atoms with E-state index in [9.17, 15) is 4.79 Å². The SMILES string of the molecule is CC(C1CC1)N(Cc1ccccc1)C(=O)CSc1ncnc2c1cnn2C. The molecule has 140 valence electrons. The number of carbonyl (C=O) groups is 1. The lowest BCUT2D eigenvalue weighted by atomic mass is 10.1. The molecule has 2 heterocycles. The van der Waals surface area contributed by atoms with Crippen LogP contribution in [0.2, 0.25) is 0 Å². The molecule has 1 aromatic carbocycles. The second-order valence-corrected chi connectivity index (χ2v) is 8.02. The van der Waals surface area contributed by atoms with Crippen molar-refractivity contribution in [2.45, 2.75) is 37.4 Å². The van der Waals surface area contributed by atoms with Gasteiger partial charge in [-0.2, -0.15) is 5.10 Å². The number of fused-ring (bicyclic) bond motifs is 1. The lowest BCUT2D eigenvalue weighted by Gasteiger charge is -2.29. The minimum absolute atomic E-state index is 0.152. The number of amides is 1. The second kappa shape index (κ2) is 7.68. The van der Waals surface area contributed by atoms with Crippen LogP contribution in [0.1, 0.15) is 25.3 Å². The Morgan fingerprint density at radius 2 is 2.07 bits per heavy atom. The molecule has 4 rings (SSSR count). The van der Waals surface area contributed by atoms with Crippen molar-refractivity contribution < 1.29 is 4.79 Å². The van der Waals surface area contributed by atoms with Crippen LogP contribution in [0.3, 0.4) is 0 Å². The molecule has 7 heteroatoms. The zero-order valence-corrected chi connectivity index (χ0v) is 16.4. The molecule has 2 aromatic heterocycles. The van der Waals surface area contributed by atoms with Crippen LogP contribution >= 0.6 is 11.8 Å². The molecule has 1 unspecified atom stereocenters. The standard InChI is InChI=1S/C20H23N5OS/c1-14(16-8-9-16)25(11-15-6-4-3-5-7-15)18(26)12-27-20-17-10-23-24(2)19(17)21-13-22-20/h3-7,10,13-14,16H,8-9,11-12H2,1-2H3. The highest BCUT2D eigenvalue weighted by molar-refractivity contribution is 8.00. The lowest BCUT2D eigenvalue weighted by Crippen LogP contribution is -2.40. The molecule has 3 aromatic rings. The van der Waals surface area contributed by atoms with Gasteiger partial charge in [-0.15, -0.1) is 0 Å². The molecule has 0 aliphatic heterocycles. The van der Waals surface area contributed by atoms with Crippen molar-refractivity contribution in [2.75, 3.05) is 5.75 Å². The molecule has 6 nitrogen and oxygen atoms in total. The Kier molecular flexibility index (Phi) is 5.11. The Hall–Kier alpha value is -2.41. The Morgan fingerprint density at radius 3 is 2.81 bits per heavy atom. The van der Waals surface area contributed by atoms with Crippen LogP contribution in [0, 0.1) is 5.92 Å². The maximum Gasteiger partial charge on any atom is 0.233 e. The van der Waals surface area contributed by atoms with E-state index in [0.717, 1.165) is 16.1 Å². The van der Waals surface area contributed by atoms with Crippen molar-refractivity contribution in [1.29, 1.82) is 0 Å². The molecule has 0 bridgehead atoms. The van der Waals surface area contributed by atoms with Crippen molar-refractivity contribution in [3.05, 3.63) is 48.4 Å². The first-order valence-electron chi connectivity index (χ1n) is 9.22. The number of aromatic nitrogens is 4. The van der Waals surface area contributed by atoms with Crippen molar-refractivity contribution >= 4 is 28.7 Å². The molecule has 0 radical (unpaired) electrons. The van der Waals surface area contributed by atoms with Crippen LogP contribution in [0.5, 0.6) is 0 Å². The van der Waals surface area contributed by atoms with Crippen LogP contribution in [0.25, 0.3) is 11.0 Å². The minimum atomic E-state index is 0.152. The van der Waals surface area contributed by atoms with E-state index in [1.165, 1.54) is 36.5 Å². The third kappa shape index (κ3) is 3.98. The van der Waals surface area contributed by atoms with E-state index in [4.69, 9.17) is 0 Å². The third-order valence-electron chi connectivity index (χ3n) is 5.14. The van der Waals surface area contributed by atoms with Gasteiger partial charge in [0, 0.05) is 19.6 Å². The maximum atomic E-state index is 13.1. The van der Waals surface area contributed by atoms with Crippen molar-refractivity contribution in [1.82, 2.24) is 24.6 Å². The topological polar surface area (TPSA) is 63.9 Å². The normalized spacial score (nSPS) is 15.0. The van der Waals surface area contributed by atoms with E-state index in [1.807, 2.05) is 30.1 Å². The zero-order chi connectivity index (χ0) is 18.8. The lowest BCUT2D eigenvalue weighted by molar-refractivity contribution is -0.131. The van der Waals surface area contributed by atoms with Gasteiger partial charge in [0.05, 0.1) is 17.3 Å². The first kappa shape index (κ1) is 18.0. The summed E-state index contributed by atoms with van der Waals surface area (Å²) in [5, 5.41) is 5.94. The average Bonchev–Trinajstić information content (AvgIpc) is 3.48. The predicted molar refractivity (Wildman–Crippen MR) is 106 cm³/mol. The molecule has 1 fully saturated rings. The summed E-state index contributed by atoms with van der Waals surface area (Å²) < 4.78 is 1.72. The first-order chi connectivity index (χ1) is 13.1. The summed E-state index contributed by atoms with van der Waals surface area (Å²) in [4.78, 5) is 23.7. The Balaban J connectivity index is 1.49. The van der Waals surface area contributed by atoms with Crippen LogP contribution in [0.4, 0.5) is 0 Å². The summed E-state index contributed by atoms with van der Waals surface area (Å²) in [5.41, 5.74) is 1.95. The number of nitrogens with zero attached hydrogens (tertiary/aromatic N) is 5. The molecular weight excluding hydrogens is 358 g/mol. The fourth-order valence-corrected chi connectivity index (χ4v) is 4.19. The number of carbonyl (C=O) groups excluding carboxylic acids is 1. The van der Waals surface area contributed by atoms with Gasteiger partial charge in [-0.05, 0) is 31.2 Å². The minimum Gasteiger partial charge on any atom is -0.335 e. The van der Waals surface area contributed by atoms with Crippen molar-refractivity contribution in [2.24, 2.45) is 13.0 Å². The molecule has 1 amide bonds. The highest BCUT2D eigenvalue weighted by Crippen LogP contribution is 2.36. The maximum absolute atomic E-state index is 13.1. The fourth-order valence-electron chi connectivity index (χ4n) is 3.34. The van der Waals surface area contributed by atoms with E-state index in [1.54, 1.807) is 10.9 Å². The van der Waals surface area contributed by atoms with Gasteiger partial charge in [-0.3, -0.25) is 9.48 Å². The quantitative estimate of drug-likeness (QED) is 0.464. The summed E-state index contributed by atoms with van der Waals surface area (Å²) in [6.45, 7) is 2.83. The molecule has 1 saturated carbocycles. The summed E-state index contributed by atoms with van der Waals surface area (Å²) in [6.07, 6.45) is 5.73. The summed E-state index contributed by atoms with van der Waals surface area (Å²) in [5.74, 6) is 1.15.